The third-order valence-corrected chi connectivity index (χ3v) is 5.19. The van der Waals surface area contributed by atoms with Crippen LogP contribution in [-0.4, -0.2) is 12.1 Å². The van der Waals surface area contributed by atoms with Gasteiger partial charge in [0, 0.05) is 18.3 Å². The molecule has 5 nitrogen and oxygen atoms in total. The number of carbonyl (C=O) groups is 1. The Morgan fingerprint density at radius 1 is 0.964 bits per heavy atom. The summed E-state index contributed by atoms with van der Waals surface area (Å²) in [6.07, 6.45) is 6.58. The van der Waals surface area contributed by atoms with E-state index in [1.165, 1.54) is 12.8 Å². The largest absolute Gasteiger partial charge is 0.334 e. The maximum absolute atomic E-state index is 13.1. The van der Waals surface area contributed by atoms with Gasteiger partial charge in [0.15, 0.2) is 0 Å². The van der Waals surface area contributed by atoms with Crippen molar-refractivity contribution in [1.29, 1.82) is 10.5 Å². The molecule has 0 spiro atoms. The van der Waals surface area contributed by atoms with E-state index in [0.717, 1.165) is 36.9 Å². The van der Waals surface area contributed by atoms with E-state index in [0.29, 0.717) is 17.7 Å². The minimum atomic E-state index is -0.147. The molecule has 0 atom stereocenters. The Labute approximate surface area is 166 Å². The van der Waals surface area contributed by atoms with Crippen LogP contribution in [0.5, 0.6) is 0 Å². The number of nitrogens with one attached hydrogen (secondary N) is 1. The quantitative estimate of drug-likeness (QED) is 0.778. The lowest BCUT2D eigenvalue weighted by molar-refractivity contribution is 0.242. The predicted octanol–water partition coefficient (Wildman–Crippen LogP) is 4.87. The molecular formula is C23H24N4O. The molecule has 2 amide bonds. The zero-order valence-corrected chi connectivity index (χ0v) is 15.9. The maximum Gasteiger partial charge on any atom is 0.322 e. The van der Waals surface area contributed by atoms with Crippen molar-refractivity contribution in [3.63, 3.8) is 0 Å². The number of amides is 2. The number of rotatable bonds is 4. The van der Waals surface area contributed by atoms with Gasteiger partial charge in [-0.25, -0.2) is 4.79 Å². The van der Waals surface area contributed by atoms with Gasteiger partial charge in [-0.15, -0.1) is 0 Å². The Morgan fingerprint density at radius 3 is 2.29 bits per heavy atom. The van der Waals surface area contributed by atoms with Crippen LogP contribution >= 0.6 is 0 Å². The second-order valence-corrected chi connectivity index (χ2v) is 7.14. The van der Waals surface area contributed by atoms with Crippen LogP contribution < -0.4 is 10.2 Å². The zero-order chi connectivity index (χ0) is 19.8. The monoisotopic (exact) mass is 372 g/mol. The first kappa shape index (κ1) is 19.5. The van der Waals surface area contributed by atoms with Gasteiger partial charge in [-0.05, 0) is 48.7 Å². The van der Waals surface area contributed by atoms with Crippen molar-refractivity contribution in [2.75, 3.05) is 4.90 Å². The molecular weight excluding hydrogens is 348 g/mol. The number of nitrogens with zero attached hydrogens (tertiary/aromatic N) is 3. The smallest absolute Gasteiger partial charge is 0.322 e. The average Bonchev–Trinajstić information content (AvgIpc) is 3.02. The molecule has 1 fully saturated rings. The summed E-state index contributed by atoms with van der Waals surface area (Å²) in [6.45, 7) is 0.395. The van der Waals surface area contributed by atoms with E-state index < -0.39 is 0 Å². The van der Waals surface area contributed by atoms with Crippen LogP contribution in [0.4, 0.5) is 10.5 Å². The highest BCUT2D eigenvalue weighted by atomic mass is 16.2. The summed E-state index contributed by atoms with van der Waals surface area (Å²) in [6, 6.07) is 18.7. The van der Waals surface area contributed by atoms with E-state index >= 15 is 0 Å². The highest BCUT2D eigenvalue weighted by Crippen LogP contribution is 2.27. The molecule has 0 saturated heterocycles. The number of anilines is 1. The Balaban J connectivity index is 1.79. The molecule has 0 unspecified atom stereocenters. The second kappa shape index (κ2) is 9.58. The molecule has 2 aromatic carbocycles. The van der Waals surface area contributed by atoms with Crippen molar-refractivity contribution in [3.8, 4) is 12.1 Å². The lowest BCUT2D eigenvalue weighted by atomic mass is 10.1. The fraction of sp³-hybridized carbons (Fsp3) is 0.348. The average molecular weight is 372 g/mol. The molecule has 1 aliphatic carbocycles. The van der Waals surface area contributed by atoms with Crippen molar-refractivity contribution >= 4 is 11.7 Å². The van der Waals surface area contributed by atoms with Crippen LogP contribution in [0, 0.1) is 22.7 Å². The van der Waals surface area contributed by atoms with Crippen LogP contribution in [0.15, 0.2) is 48.5 Å². The molecule has 28 heavy (non-hydrogen) atoms. The number of carbonyl (C=O) groups excluding carboxylic acids is 1. The molecule has 5 heteroatoms. The van der Waals surface area contributed by atoms with Gasteiger partial charge in [0.05, 0.1) is 23.3 Å². The SMILES string of the molecule is N#Cc1ccc(CNC(=O)N(c2cccc(C#N)c2)C2CCCCCC2)cc1. The van der Waals surface area contributed by atoms with Gasteiger partial charge in [-0.1, -0.05) is 43.9 Å². The summed E-state index contributed by atoms with van der Waals surface area (Å²) < 4.78 is 0. The van der Waals surface area contributed by atoms with Crippen molar-refractivity contribution in [1.82, 2.24) is 5.32 Å². The minimum Gasteiger partial charge on any atom is -0.334 e. The van der Waals surface area contributed by atoms with Crippen LogP contribution in [0.25, 0.3) is 0 Å². The van der Waals surface area contributed by atoms with Crippen molar-refractivity contribution in [2.45, 2.75) is 51.1 Å². The summed E-state index contributed by atoms with van der Waals surface area (Å²) in [5.74, 6) is 0. The van der Waals surface area contributed by atoms with Gasteiger partial charge < -0.3 is 5.32 Å². The van der Waals surface area contributed by atoms with E-state index in [1.807, 2.05) is 29.2 Å². The highest BCUT2D eigenvalue weighted by molar-refractivity contribution is 5.92. The first-order valence-electron chi connectivity index (χ1n) is 9.77. The van der Waals surface area contributed by atoms with Crippen molar-refractivity contribution in [3.05, 3.63) is 65.2 Å². The van der Waals surface area contributed by atoms with Gasteiger partial charge in [-0.3, -0.25) is 4.90 Å². The molecule has 1 aliphatic rings. The molecule has 0 aromatic heterocycles. The van der Waals surface area contributed by atoms with Gasteiger partial charge >= 0.3 is 6.03 Å². The standard InChI is InChI=1S/C23H24N4O/c24-15-18-10-12-19(13-11-18)17-26-23(28)27(21-7-3-1-2-4-8-21)22-9-5-6-20(14-22)16-25/h5-6,9-14,21H,1-4,7-8,17H2,(H,26,28). The van der Waals surface area contributed by atoms with Crippen LogP contribution in [0.3, 0.4) is 0 Å². The second-order valence-electron chi connectivity index (χ2n) is 7.14. The molecule has 0 bridgehead atoms. The highest BCUT2D eigenvalue weighted by Gasteiger charge is 2.26. The molecule has 0 aliphatic heterocycles. The normalized spacial score (nSPS) is 14.4. The van der Waals surface area contributed by atoms with Crippen molar-refractivity contribution < 1.29 is 4.79 Å². The van der Waals surface area contributed by atoms with E-state index in [1.54, 1.807) is 24.3 Å². The maximum atomic E-state index is 13.1. The number of urea groups is 1. The Hall–Kier alpha value is -3.31. The van der Waals surface area contributed by atoms with Crippen molar-refractivity contribution in [2.24, 2.45) is 0 Å². The first-order chi connectivity index (χ1) is 13.7. The van der Waals surface area contributed by atoms with E-state index in [9.17, 15) is 10.1 Å². The molecule has 0 heterocycles. The fourth-order valence-corrected chi connectivity index (χ4v) is 3.70. The summed E-state index contributed by atoms with van der Waals surface area (Å²) in [4.78, 5) is 15.0. The summed E-state index contributed by atoms with van der Waals surface area (Å²) >= 11 is 0. The molecule has 2 aromatic rings. The Bertz CT molecular complexity index is 884. The lowest BCUT2D eigenvalue weighted by Gasteiger charge is -2.31. The van der Waals surface area contributed by atoms with E-state index in [4.69, 9.17) is 5.26 Å². The lowest BCUT2D eigenvalue weighted by Crippen LogP contribution is -2.46. The Kier molecular flexibility index (Phi) is 6.65. The zero-order valence-electron chi connectivity index (χ0n) is 15.9. The molecule has 3 rings (SSSR count). The first-order valence-corrected chi connectivity index (χ1v) is 9.77. The number of nitriles is 2. The summed E-state index contributed by atoms with van der Waals surface area (Å²) in [5.41, 5.74) is 2.86. The van der Waals surface area contributed by atoms with Gasteiger partial charge in [0.2, 0.25) is 0 Å². The number of hydrogen-bond acceptors (Lipinski definition) is 3. The molecule has 0 radical (unpaired) electrons. The number of benzene rings is 2. The van der Waals surface area contributed by atoms with E-state index in [-0.39, 0.29) is 12.1 Å². The molecule has 142 valence electrons. The summed E-state index contributed by atoms with van der Waals surface area (Å²) in [5, 5.41) is 21.2. The van der Waals surface area contributed by atoms with Gasteiger partial charge in [0.1, 0.15) is 0 Å². The van der Waals surface area contributed by atoms with Crippen LogP contribution in [-0.2, 0) is 6.54 Å². The Morgan fingerprint density at radius 2 is 1.64 bits per heavy atom. The van der Waals surface area contributed by atoms with Gasteiger partial charge in [0.25, 0.3) is 0 Å². The van der Waals surface area contributed by atoms with E-state index in [2.05, 4.69) is 17.5 Å². The summed E-state index contributed by atoms with van der Waals surface area (Å²) in [7, 11) is 0. The molecule has 1 N–H and O–H groups in total. The third kappa shape index (κ3) is 4.90. The topological polar surface area (TPSA) is 79.9 Å². The minimum absolute atomic E-state index is 0.136. The van der Waals surface area contributed by atoms with Crippen LogP contribution in [0.1, 0.15) is 55.2 Å². The van der Waals surface area contributed by atoms with Gasteiger partial charge in [-0.2, -0.15) is 10.5 Å². The third-order valence-electron chi connectivity index (χ3n) is 5.19. The number of hydrogen-bond donors (Lipinski definition) is 1. The molecule has 1 saturated carbocycles. The van der Waals surface area contributed by atoms with Crippen LogP contribution in [0.2, 0.25) is 0 Å². The fourth-order valence-electron chi connectivity index (χ4n) is 3.70. The predicted molar refractivity (Wildman–Crippen MR) is 109 cm³/mol.